The van der Waals surface area contributed by atoms with Crippen LogP contribution >= 0.6 is 0 Å². The van der Waals surface area contributed by atoms with E-state index in [1.165, 1.54) is 19.1 Å². The van der Waals surface area contributed by atoms with Gasteiger partial charge in [-0.15, -0.1) is 0 Å². The van der Waals surface area contributed by atoms with Crippen LogP contribution in [0.1, 0.15) is 31.1 Å². The fraction of sp³-hybridized carbons (Fsp3) is 0.467. The first-order valence-electron chi connectivity index (χ1n) is 6.83. The van der Waals surface area contributed by atoms with Crippen LogP contribution in [-0.2, 0) is 19.0 Å². The SMILES string of the molecule is CC(=O)Nc1ccc(F)c(C(=O)OC[C@H]2COC(C)(C)O2)c1. The standard InChI is InChI=1S/C15H18FNO5/c1-9(18)17-10-4-5-13(16)12(6-10)14(19)20-7-11-8-21-15(2,3)22-11/h4-6,11H,7-8H2,1-3H3,(H,17,18)/t11-/m0/s1. The summed E-state index contributed by atoms with van der Waals surface area (Å²) in [7, 11) is 0. The molecule has 0 saturated carbocycles. The van der Waals surface area contributed by atoms with Crippen LogP contribution < -0.4 is 5.32 Å². The molecular formula is C15H18FNO5. The molecule has 1 aliphatic heterocycles. The number of hydrogen-bond acceptors (Lipinski definition) is 5. The molecule has 6 nitrogen and oxygen atoms in total. The van der Waals surface area contributed by atoms with E-state index in [1.807, 2.05) is 0 Å². The topological polar surface area (TPSA) is 73.9 Å². The van der Waals surface area contributed by atoms with Crippen molar-refractivity contribution in [3.63, 3.8) is 0 Å². The summed E-state index contributed by atoms with van der Waals surface area (Å²) in [6, 6.07) is 3.69. The lowest BCUT2D eigenvalue weighted by atomic mass is 10.2. The highest BCUT2D eigenvalue weighted by Gasteiger charge is 2.33. The summed E-state index contributed by atoms with van der Waals surface area (Å²) in [5.74, 6) is -2.57. The summed E-state index contributed by atoms with van der Waals surface area (Å²) in [4.78, 5) is 22.9. The molecule has 0 aromatic heterocycles. The number of amides is 1. The van der Waals surface area contributed by atoms with Crippen molar-refractivity contribution in [2.45, 2.75) is 32.7 Å². The van der Waals surface area contributed by atoms with Crippen LogP contribution in [0.5, 0.6) is 0 Å². The second-order valence-electron chi connectivity index (χ2n) is 5.42. The van der Waals surface area contributed by atoms with Gasteiger partial charge in [-0.1, -0.05) is 0 Å². The average molecular weight is 311 g/mol. The number of rotatable bonds is 4. The van der Waals surface area contributed by atoms with Gasteiger partial charge in [-0.2, -0.15) is 0 Å². The molecule has 7 heteroatoms. The predicted octanol–water partition coefficient (Wildman–Crippen LogP) is 2.09. The first kappa shape index (κ1) is 16.4. The van der Waals surface area contributed by atoms with Crippen molar-refractivity contribution in [3.05, 3.63) is 29.6 Å². The van der Waals surface area contributed by atoms with E-state index in [4.69, 9.17) is 14.2 Å². The second kappa shape index (κ2) is 6.41. The van der Waals surface area contributed by atoms with Crippen LogP contribution in [0.3, 0.4) is 0 Å². The summed E-state index contributed by atoms with van der Waals surface area (Å²) >= 11 is 0. The van der Waals surface area contributed by atoms with Crippen LogP contribution in [0.15, 0.2) is 18.2 Å². The summed E-state index contributed by atoms with van der Waals surface area (Å²) < 4.78 is 29.6. The summed E-state index contributed by atoms with van der Waals surface area (Å²) in [5, 5.41) is 2.48. The number of carbonyl (C=O) groups excluding carboxylic acids is 2. The molecule has 1 N–H and O–H groups in total. The predicted molar refractivity (Wildman–Crippen MR) is 75.9 cm³/mol. The molecule has 2 rings (SSSR count). The number of nitrogens with one attached hydrogen (secondary N) is 1. The lowest BCUT2D eigenvalue weighted by Gasteiger charge is -2.17. The van der Waals surface area contributed by atoms with Crippen molar-refractivity contribution in [1.29, 1.82) is 0 Å². The van der Waals surface area contributed by atoms with E-state index in [0.717, 1.165) is 6.07 Å². The Bertz CT molecular complexity index is 587. The van der Waals surface area contributed by atoms with E-state index in [2.05, 4.69) is 5.32 Å². The maximum atomic E-state index is 13.7. The molecule has 1 atom stereocenters. The molecule has 22 heavy (non-hydrogen) atoms. The van der Waals surface area contributed by atoms with Crippen molar-refractivity contribution in [2.24, 2.45) is 0 Å². The van der Waals surface area contributed by atoms with Gasteiger partial charge in [-0.3, -0.25) is 4.79 Å². The van der Waals surface area contributed by atoms with Crippen LogP contribution in [0, 0.1) is 5.82 Å². The number of anilines is 1. The number of hydrogen-bond donors (Lipinski definition) is 1. The molecule has 0 aliphatic carbocycles. The molecular weight excluding hydrogens is 293 g/mol. The maximum Gasteiger partial charge on any atom is 0.341 e. The molecule has 1 aromatic rings. The van der Waals surface area contributed by atoms with Crippen LogP contribution in [0.25, 0.3) is 0 Å². The van der Waals surface area contributed by atoms with Crippen LogP contribution in [0.2, 0.25) is 0 Å². The third-order valence-electron chi connectivity index (χ3n) is 2.97. The van der Waals surface area contributed by atoms with E-state index in [0.29, 0.717) is 12.3 Å². The molecule has 1 saturated heterocycles. The Morgan fingerprint density at radius 1 is 1.45 bits per heavy atom. The number of esters is 1. The van der Waals surface area contributed by atoms with Gasteiger partial charge in [-0.05, 0) is 32.0 Å². The van der Waals surface area contributed by atoms with Crippen molar-refractivity contribution in [2.75, 3.05) is 18.5 Å². The quantitative estimate of drug-likeness (QED) is 0.862. The van der Waals surface area contributed by atoms with Crippen molar-refractivity contribution in [1.82, 2.24) is 0 Å². The Balaban J connectivity index is 1.98. The van der Waals surface area contributed by atoms with Gasteiger partial charge < -0.3 is 19.5 Å². The summed E-state index contributed by atoms with van der Waals surface area (Å²) in [6.07, 6.45) is -0.388. The van der Waals surface area contributed by atoms with Gasteiger partial charge in [0.1, 0.15) is 18.5 Å². The van der Waals surface area contributed by atoms with Crippen molar-refractivity contribution >= 4 is 17.6 Å². The van der Waals surface area contributed by atoms with E-state index in [9.17, 15) is 14.0 Å². The molecule has 1 fully saturated rings. The largest absolute Gasteiger partial charge is 0.459 e. The molecule has 0 radical (unpaired) electrons. The zero-order valence-corrected chi connectivity index (χ0v) is 12.6. The highest BCUT2D eigenvalue weighted by atomic mass is 19.1. The Morgan fingerprint density at radius 2 is 2.18 bits per heavy atom. The average Bonchev–Trinajstić information content (AvgIpc) is 2.77. The fourth-order valence-corrected chi connectivity index (χ4v) is 2.05. The highest BCUT2D eigenvalue weighted by Crippen LogP contribution is 2.23. The van der Waals surface area contributed by atoms with Gasteiger partial charge in [0, 0.05) is 12.6 Å². The Kier molecular flexibility index (Phi) is 4.77. The smallest absolute Gasteiger partial charge is 0.341 e. The number of benzene rings is 1. The minimum Gasteiger partial charge on any atom is -0.459 e. The normalized spacial score (nSPS) is 19.7. The van der Waals surface area contributed by atoms with Gasteiger partial charge >= 0.3 is 5.97 Å². The molecule has 1 amide bonds. The third kappa shape index (κ3) is 4.25. The van der Waals surface area contributed by atoms with Gasteiger partial charge in [0.25, 0.3) is 0 Å². The zero-order valence-electron chi connectivity index (χ0n) is 12.6. The van der Waals surface area contributed by atoms with Gasteiger partial charge in [0.05, 0.1) is 12.2 Å². The molecule has 1 aliphatic rings. The maximum absolute atomic E-state index is 13.7. The molecule has 0 spiro atoms. The first-order valence-corrected chi connectivity index (χ1v) is 6.83. The molecule has 1 aromatic carbocycles. The number of ether oxygens (including phenoxy) is 3. The summed E-state index contributed by atoms with van der Waals surface area (Å²) in [6.45, 7) is 5.10. The summed E-state index contributed by atoms with van der Waals surface area (Å²) in [5.41, 5.74) is 0.0758. The van der Waals surface area contributed by atoms with Crippen LogP contribution in [0.4, 0.5) is 10.1 Å². The van der Waals surface area contributed by atoms with Gasteiger partial charge in [-0.25, -0.2) is 9.18 Å². The van der Waals surface area contributed by atoms with Crippen molar-refractivity contribution in [3.8, 4) is 0 Å². The number of carbonyl (C=O) groups is 2. The molecule has 0 unspecified atom stereocenters. The van der Waals surface area contributed by atoms with E-state index in [-0.39, 0.29) is 24.2 Å². The van der Waals surface area contributed by atoms with Gasteiger partial charge in [0.2, 0.25) is 5.91 Å². The van der Waals surface area contributed by atoms with E-state index >= 15 is 0 Å². The van der Waals surface area contributed by atoms with Crippen molar-refractivity contribution < 1.29 is 28.2 Å². The van der Waals surface area contributed by atoms with Crippen LogP contribution in [-0.4, -0.2) is 37.0 Å². The lowest BCUT2D eigenvalue weighted by molar-refractivity contribution is -0.142. The van der Waals surface area contributed by atoms with Gasteiger partial charge in [0.15, 0.2) is 5.79 Å². The zero-order chi connectivity index (χ0) is 16.3. The highest BCUT2D eigenvalue weighted by molar-refractivity contribution is 5.93. The molecule has 120 valence electrons. The first-order chi connectivity index (χ1) is 10.3. The Hall–Kier alpha value is -1.99. The monoisotopic (exact) mass is 311 g/mol. The minimum atomic E-state index is -0.821. The molecule has 0 bridgehead atoms. The van der Waals surface area contributed by atoms with E-state index < -0.39 is 17.6 Å². The van der Waals surface area contributed by atoms with E-state index in [1.54, 1.807) is 13.8 Å². The fourth-order valence-electron chi connectivity index (χ4n) is 2.05. The Morgan fingerprint density at radius 3 is 2.77 bits per heavy atom. The number of halogens is 1. The molecule has 1 heterocycles. The Labute approximate surface area is 127 Å². The third-order valence-corrected chi connectivity index (χ3v) is 2.97. The second-order valence-corrected chi connectivity index (χ2v) is 5.42. The minimum absolute atomic E-state index is 0.0356. The lowest BCUT2D eigenvalue weighted by Crippen LogP contribution is -2.25.